The topological polar surface area (TPSA) is 49.8 Å². The summed E-state index contributed by atoms with van der Waals surface area (Å²) in [5, 5.41) is 8.81. The lowest BCUT2D eigenvalue weighted by Gasteiger charge is -2.32. The molecule has 0 aromatic heterocycles. The van der Waals surface area contributed by atoms with Crippen LogP contribution in [0.25, 0.3) is 0 Å². The predicted octanol–water partition coefficient (Wildman–Crippen LogP) is 2.61. The van der Waals surface area contributed by atoms with E-state index < -0.39 is 5.97 Å². The fraction of sp³-hybridized carbons (Fsp3) is 0.286. The van der Waals surface area contributed by atoms with Crippen LogP contribution in [0.4, 0.5) is 0 Å². The molecule has 2 aliphatic rings. The molecule has 0 amide bonds. The highest BCUT2D eigenvalue weighted by Gasteiger charge is 2.32. The summed E-state index contributed by atoms with van der Waals surface area (Å²) in [7, 11) is 0. The summed E-state index contributed by atoms with van der Waals surface area (Å²) >= 11 is 5.35. The molecule has 0 bridgehead atoms. The van der Waals surface area contributed by atoms with Gasteiger partial charge in [-0.25, -0.2) is 0 Å². The van der Waals surface area contributed by atoms with Crippen molar-refractivity contribution in [2.75, 3.05) is 6.54 Å². The van der Waals surface area contributed by atoms with Gasteiger partial charge in [0.25, 0.3) is 0 Å². The molecule has 1 aliphatic carbocycles. The van der Waals surface area contributed by atoms with E-state index in [0.29, 0.717) is 5.76 Å². The van der Waals surface area contributed by atoms with Crippen LogP contribution >= 0.6 is 12.2 Å². The van der Waals surface area contributed by atoms with Crippen LogP contribution in [0.5, 0.6) is 0 Å². The van der Waals surface area contributed by atoms with E-state index in [0.717, 1.165) is 10.4 Å². The first-order chi connectivity index (χ1) is 8.91. The van der Waals surface area contributed by atoms with Gasteiger partial charge in [-0.15, -0.1) is 0 Å². The third-order valence-corrected chi connectivity index (χ3v) is 3.76. The number of hydrogen-bond donors (Lipinski definition) is 1. The average molecular weight is 277 g/mol. The third-order valence-electron chi connectivity index (χ3n) is 3.11. The zero-order valence-electron chi connectivity index (χ0n) is 10.8. The Kier molecular flexibility index (Phi) is 3.57. The number of hydrogen-bond acceptors (Lipinski definition) is 4. The first-order valence-electron chi connectivity index (χ1n) is 5.87. The summed E-state index contributed by atoms with van der Waals surface area (Å²) in [5.41, 5.74) is 0.635. The predicted molar refractivity (Wildman–Crippen MR) is 76.3 cm³/mol. The largest absolute Gasteiger partial charge is 0.480 e. The fourth-order valence-electron chi connectivity index (χ4n) is 1.96. The Labute approximate surface area is 117 Å². The molecule has 1 N–H and O–H groups in total. The molecular formula is C14H15NO3S. The molecule has 0 spiro atoms. The van der Waals surface area contributed by atoms with Crippen molar-refractivity contribution >= 4 is 23.1 Å². The molecule has 0 radical (unpaired) electrons. The Balaban J connectivity index is 2.29. The minimum Gasteiger partial charge on any atom is -0.480 e. The lowest BCUT2D eigenvalue weighted by Crippen LogP contribution is -2.29. The molecule has 4 nitrogen and oxygen atoms in total. The maximum Gasteiger partial charge on any atom is 0.323 e. The number of allylic oxidation sites excluding steroid dienone is 4. The summed E-state index contributed by atoms with van der Waals surface area (Å²) in [6.45, 7) is 3.95. The fourth-order valence-corrected chi connectivity index (χ4v) is 2.15. The second-order valence-corrected chi connectivity index (χ2v) is 5.33. The molecule has 2 rings (SSSR count). The van der Waals surface area contributed by atoms with Gasteiger partial charge in [-0.2, -0.15) is 0 Å². The maximum atomic E-state index is 10.7. The zero-order chi connectivity index (χ0) is 14.0. The number of nitrogens with zero attached hydrogens (tertiary/aromatic N) is 1. The van der Waals surface area contributed by atoms with Crippen molar-refractivity contribution in [2.24, 2.45) is 5.41 Å². The summed E-state index contributed by atoms with van der Waals surface area (Å²) in [5.74, 6) is -0.269. The van der Waals surface area contributed by atoms with E-state index in [4.69, 9.17) is 22.1 Å². The van der Waals surface area contributed by atoms with Crippen LogP contribution in [-0.2, 0) is 9.53 Å². The van der Waals surface area contributed by atoms with Crippen molar-refractivity contribution in [3.05, 3.63) is 48.2 Å². The molecule has 0 aromatic rings. The molecule has 0 fully saturated rings. The van der Waals surface area contributed by atoms with Gasteiger partial charge in [0.05, 0.1) is 0 Å². The molecular weight excluding hydrogens is 262 g/mol. The van der Waals surface area contributed by atoms with Gasteiger partial charge >= 0.3 is 5.97 Å². The number of ether oxygens (including phenoxy) is 1. The van der Waals surface area contributed by atoms with E-state index in [1.165, 1.54) is 6.26 Å². The summed E-state index contributed by atoms with van der Waals surface area (Å²) in [6.07, 6.45) is 10.5. The van der Waals surface area contributed by atoms with Crippen LogP contribution in [0.15, 0.2) is 48.2 Å². The number of thiocarbonyl (C=S) groups is 1. The van der Waals surface area contributed by atoms with Crippen LogP contribution in [-0.4, -0.2) is 27.4 Å². The lowest BCUT2D eigenvalue weighted by molar-refractivity contribution is -0.137. The number of aliphatic carboxylic acids is 1. The average Bonchev–Trinajstić information content (AvgIpc) is 2.32. The molecule has 100 valence electrons. The van der Waals surface area contributed by atoms with Gasteiger partial charge in [0.1, 0.15) is 18.6 Å². The van der Waals surface area contributed by atoms with Crippen molar-refractivity contribution in [1.82, 2.24) is 4.90 Å². The molecule has 0 saturated carbocycles. The molecule has 5 heteroatoms. The molecule has 0 atom stereocenters. The van der Waals surface area contributed by atoms with Crippen molar-refractivity contribution in [1.29, 1.82) is 0 Å². The highest BCUT2D eigenvalue weighted by molar-refractivity contribution is 7.80. The normalized spacial score (nSPS) is 20.7. The van der Waals surface area contributed by atoms with Crippen LogP contribution in [0.1, 0.15) is 13.8 Å². The van der Waals surface area contributed by atoms with E-state index in [9.17, 15) is 4.79 Å². The second-order valence-electron chi connectivity index (χ2n) is 4.89. The van der Waals surface area contributed by atoms with Crippen LogP contribution in [0.2, 0.25) is 0 Å². The van der Waals surface area contributed by atoms with Crippen LogP contribution < -0.4 is 0 Å². The standard InChI is InChI=1S/C14H15NO3S/c1-14(2)10(4-3-5-12(14)19)11-8-15(6-7-18-11)9-13(16)17/h3-8H,9H2,1-2H3,(H,16,17). The smallest absolute Gasteiger partial charge is 0.323 e. The second kappa shape index (κ2) is 5.01. The Morgan fingerprint density at radius 3 is 2.95 bits per heavy atom. The van der Waals surface area contributed by atoms with Gasteiger partial charge in [-0.05, 0) is 6.08 Å². The van der Waals surface area contributed by atoms with E-state index in [2.05, 4.69) is 0 Å². The Morgan fingerprint density at radius 1 is 1.53 bits per heavy atom. The van der Waals surface area contributed by atoms with Crippen LogP contribution in [0, 0.1) is 5.41 Å². The van der Waals surface area contributed by atoms with Gasteiger partial charge in [-0.3, -0.25) is 4.79 Å². The minimum atomic E-state index is -0.894. The molecule has 0 saturated heterocycles. The van der Waals surface area contributed by atoms with Crippen molar-refractivity contribution < 1.29 is 14.6 Å². The SMILES string of the molecule is CC1(C)C(=S)C=CC=C1C1=CN(CC(=O)O)C=CO1. The van der Waals surface area contributed by atoms with Gasteiger partial charge in [-0.1, -0.05) is 38.2 Å². The molecule has 0 unspecified atom stereocenters. The molecule has 1 aliphatic heterocycles. The minimum absolute atomic E-state index is 0.0998. The highest BCUT2D eigenvalue weighted by atomic mass is 32.1. The van der Waals surface area contributed by atoms with Crippen molar-refractivity contribution in [2.45, 2.75) is 13.8 Å². The van der Waals surface area contributed by atoms with E-state index >= 15 is 0 Å². The van der Waals surface area contributed by atoms with E-state index in [1.54, 1.807) is 17.3 Å². The number of carbonyl (C=O) groups is 1. The number of carboxylic acids is 1. The Bertz CT molecular complexity index is 541. The highest BCUT2D eigenvalue weighted by Crippen LogP contribution is 2.37. The van der Waals surface area contributed by atoms with Gasteiger partial charge in [0.15, 0.2) is 0 Å². The van der Waals surface area contributed by atoms with Crippen LogP contribution in [0.3, 0.4) is 0 Å². The lowest BCUT2D eigenvalue weighted by atomic mass is 9.77. The van der Waals surface area contributed by atoms with E-state index in [1.807, 2.05) is 32.1 Å². The van der Waals surface area contributed by atoms with E-state index in [-0.39, 0.29) is 12.0 Å². The molecule has 0 aromatic carbocycles. The van der Waals surface area contributed by atoms with Crippen molar-refractivity contribution in [3.8, 4) is 0 Å². The monoisotopic (exact) mass is 277 g/mol. The maximum absolute atomic E-state index is 10.7. The molecule has 19 heavy (non-hydrogen) atoms. The van der Waals surface area contributed by atoms with Gasteiger partial charge < -0.3 is 14.7 Å². The summed E-state index contributed by atoms with van der Waals surface area (Å²) < 4.78 is 5.50. The summed E-state index contributed by atoms with van der Waals surface area (Å²) in [4.78, 5) is 13.1. The van der Waals surface area contributed by atoms with Gasteiger partial charge in [0.2, 0.25) is 0 Å². The number of carboxylic acid groups (broad SMARTS) is 1. The van der Waals surface area contributed by atoms with Crippen molar-refractivity contribution in [3.63, 3.8) is 0 Å². The third kappa shape index (κ3) is 2.76. The zero-order valence-corrected chi connectivity index (χ0v) is 11.6. The number of rotatable bonds is 3. The molecule has 1 heterocycles. The Hall–Kier alpha value is -1.88. The summed E-state index contributed by atoms with van der Waals surface area (Å²) in [6, 6.07) is 0. The quantitative estimate of drug-likeness (QED) is 0.804. The first kappa shape index (κ1) is 13.5. The van der Waals surface area contributed by atoms with Gasteiger partial charge in [0, 0.05) is 28.3 Å². The Morgan fingerprint density at radius 2 is 2.26 bits per heavy atom. The first-order valence-corrected chi connectivity index (χ1v) is 6.28.